The Bertz CT molecular complexity index is 603. The van der Waals surface area contributed by atoms with Crippen LogP contribution in [0, 0.1) is 0 Å². The van der Waals surface area contributed by atoms with Gasteiger partial charge in [0.1, 0.15) is 0 Å². The van der Waals surface area contributed by atoms with E-state index in [1.54, 1.807) is 0 Å². The first-order valence-electron chi connectivity index (χ1n) is 7.72. The topological polar surface area (TPSA) is 17.1 Å². The predicted molar refractivity (Wildman–Crippen MR) is 104 cm³/mol. The third-order valence-corrected chi connectivity index (χ3v) is 9.40. The first kappa shape index (κ1) is 17.4. The van der Waals surface area contributed by atoms with Gasteiger partial charge in [-0.2, -0.15) is 0 Å². The van der Waals surface area contributed by atoms with Crippen molar-refractivity contribution in [3.63, 3.8) is 0 Å². The van der Waals surface area contributed by atoms with E-state index in [0.717, 1.165) is 9.79 Å². The quantitative estimate of drug-likeness (QED) is 0.766. The van der Waals surface area contributed by atoms with Gasteiger partial charge in [-0.25, -0.2) is 4.21 Å². The van der Waals surface area contributed by atoms with Crippen LogP contribution in [0.1, 0.15) is 0 Å². The van der Waals surface area contributed by atoms with Crippen molar-refractivity contribution in [3.05, 3.63) is 48.5 Å². The summed E-state index contributed by atoms with van der Waals surface area (Å²) in [6.45, 7) is 14.0. The molecule has 0 aliphatic heterocycles. The van der Waals surface area contributed by atoms with Crippen LogP contribution < -0.4 is 10.4 Å². The Labute approximate surface area is 139 Å². The molecule has 0 aliphatic rings. The van der Waals surface area contributed by atoms with Crippen LogP contribution in [0.2, 0.25) is 39.3 Å². The zero-order valence-electron chi connectivity index (χ0n) is 14.4. The lowest BCUT2D eigenvalue weighted by Gasteiger charge is -2.17. The number of hydrogen-bond donors (Lipinski definition) is 0. The Morgan fingerprint density at radius 1 is 0.591 bits per heavy atom. The summed E-state index contributed by atoms with van der Waals surface area (Å²) >= 11 is 0. The van der Waals surface area contributed by atoms with E-state index in [-0.39, 0.29) is 0 Å². The van der Waals surface area contributed by atoms with Gasteiger partial charge in [0.2, 0.25) is 0 Å². The second kappa shape index (κ2) is 6.26. The molecule has 0 N–H and O–H groups in total. The molecule has 118 valence electrons. The highest BCUT2D eigenvalue weighted by atomic mass is 32.2. The van der Waals surface area contributed by atoms with Crippen molar-refractivity contribution in [3.8, 4) is 0 Å². The van der Waals surface area contributed by atoms with Crippen LogP contribution in [-0.2, 0) is 10.8 Å². The first-order valence-corrected chi connectivity index (χ1v) is 15.9. The summed E-state index contributed by atoms with van der Waals surface area (Å²) in [5.41, 5.74) is 0. The van der Waals surface area contributed by atoms with Crippen LogP contribution in [0.4, 0.5) is 0 Å². The Balaban J connectivity index is 2.25. The monoisotopic (exact) mass is 346 g/mol. The zero-order chi connectivity index (χ0) is 16.5. The summed E-state index contributed by atoms with van der Waals surface area (Å²) in [5, 5.41) is 2.81. The third-order valence-electron chi connectivity index (χ3n) is 3.87. The summed E-state index contributed by atoms with van der Waals surface area (Å²) in [5.74, 6) is 0. The van der Waals surface area contributed by atoms with Crippen LogP contribution in [0.3, 0.4) is 0 Å². The molecule has 0 radical (unpaired) electrons. The molecule has 2 aromatic rings. The van der Waals surface area contributed by atoms with Gasteiger partial charge in [-0.05, 0) is 24.3 Å². The van der Waals surface area contributed by atoms with Crippen molar-refractivity contribution in [2.45, 2.75) is 49.1 Å². The molecule has 0 heterocycles. The van der Waals surface area contributed by atoms with E-state index in [4.69, 9.17) is 0 Å². The maximum Gasteiger partial charge on any atom is 0.0849 e. The fourth-order valence-electron chi connectivity index (χ4n) is 2.29. The number of hydrogen-bond acceptors (Lipinski definition) is 1. The lowest BCUT2D eigenvalue weighted by atomic mass is 10.4. The van der Waals surface area contributed by atoms with Crippen LogP contribution in [0.15, 0.2) is 58.3 Å². The van der Waals surface area contributed by atoms with Crippen LogP contribution >= 0.6 is 0 Å². The van der Waals surface area contributed by atoms with E-state index in [1.165, 1.54) is 10.4 Å². The summed E-state index contributed by atoms with van der Waals surface area (Å²) < 4.78 is 12.7. The molecule has 0 aromatic heterocycles. The second-order valence-electron chi connectivity index (χ2n) is 7.82. The van der Waals surface area contributed by atoms with Crippen molar-refractivity contribution < 1.29 is 4.21 Å². The van der Waals surface area contributed by atoms with E-state index < -0.39 is 26.9 Å². The molecular weight excluding hydrogens is 320 g/mol. The molecule has 1 nitrogen and oxygen atoms in total. The van der Waals surface area contributed by atoms with Crippen molar-refractivity contribution in [1.29, 1.82) is 0 Å². The average Bonchev–Trinajstić information content (AvgIpc) is 2.45. The fourth-order valence-corrected chi connectivity index (χ4v) is 5.67. The standard InChI is InChI=1S/C18H26OSSi2/c1-21(2,3)17-11-7-15(8-12-17)20(19)16-9-13-18(14-10-16)22(4,5)6/h7-14H,1-6H3. The molecule has 0 saturated heterocycles. The molecule has 0 aliphatic carbocycles. The lowest BCUT2D eigenvalue weighted by Crippen LogP contribution is -2.37. The average molecular weight is 347 g/mol. The maximum absolute atomic E-state index is 12.7. The molecule has 0 atom stereocenters. The summed E-state index contributed by atoms with van der Waals surface area (Å²) in [6, 6.07) is 16.7. The molecule has 0 amide bonds. The van der Waals surface area contributed by atoms with Crippen molar-refractivity contribution >= 4 is 37.3 Å². The van der Waals surface area contributed by atoms with E-state index in [9.17, 15) is 4.21 Å². The molecule has 4 heteroatoms. The molecule has 22 heavy (non-hydrogen) atoms. The minimum Gasteiger partial charge on any atom is -0.249 e. The molecule has 0 bridgehead atoms. The van der Waals surface area contributed by atoms with Gasteiger partial charge in [-0.3, -0.25) is 0 Å². The van der Waals surface area contributed by atoms with Gasteiger partial charge >= 0.3 is 0 Å². The molecule has 0 saturated carbocycles. The van der Waals surface area contributed by atoms with Gasteiger partial charge in [0.05, 0.1) is 26.9 Å². The Morgan fingerprint density at radius 2 is 0.864 bits per heavy atom. The van der Waals surface area contributed by atoms with Gasteiger partial charge in [0.15, 0.2) is 0 Å². The van der Waals surface area contributed by atoms with Gasteiger partial charge in [0, 0.05) is 9.79 Å². The molecular formula is C18H26OSSi2. The highest BCUT2D eigenvalue weighted by Crippen LogP contribution is 2.16. The lowest BCUT2D eigenvalue weighted by molar-refractivity contribution is 0.683. The maximum atomic E-state index is 12.7. The molecule has 2 rings (SSSR count). The Hall–Kier alpha value is -0.976. The van der Waals surface area contributed by atoms with E-state index >= 15 is 0 Å². The highest BCUT2D eigenvalue weighted by molar-refractivity contribution is 7.85. The summed E-state index contributed by atoms with van der Waals surface area (Å²) in [7, 11) is -3.67. The number of rotatable bonds is 4. The zero-order valence-corrected chi connectivity index (χ0v) is 17.3. The number of benzene rings is 2. The summed E-state index contributed by atoms with van der Waals surface area (Å²) in [4.78, 5) is 1.78. The minimum absolute atomic E-state index is 0.891. The SMILES string of the molecule is C[Si](C)(C)c1ccc(S(=O)c2ccc([Si](C)(C)C)cc2)cc1. The fraction of sp³-hybridized carbons (Fsp3) is 0.333. The smallest absolute Gasteiger partial charge is 0.0849 e. The Morgan fingerprint density at radius 3 is 1.09 bits per heavy atom. The Kier molecular flexibility index (Phi) is 4.95. The minimum atomic E-state index is -1.29. The van der Waals surface area contributed by atoms with Gasteiger partial charge in [0.25, 0.3) is 0 Å². The molecule has 2 aromatic carbocycles. The molecule has 0 unspecified atom stereocenters. The predicted octanol–water partition coefficient (Wildman–Crippen LogP) is 3.94. The van der Waals surface area contributed by atoms with Crippen LogP contribution in [0.25, 0.3) is 0 Å². The summed E-state index contributed by atoms with van der Waals surface area (Å²) in [6.07, 6.45) is 0. The van der Waals surface area contributed by atoms with E-state index in [1.807, 2.05) is 24.3 Å². The normalized spacial score (nSPS) is 12.7. The highest BCUT2D eigenvalue weighted by Gasteiger charge is 2.18. The van der Waals surface area contributed by atoms with E-state index in [2.05, 4.69) is 63.5 Å². The van der Waals surface area contributed by atoms with Gasteiger partial charge in [-0.1, -0.05) is 73.9 Å². The van der Waals surface area contributed by atoms with Crippen LogP contribution in [0.5, 0.6) is 0 Å². The molecule has 0 fully saturated rings. The molecule has 0 spiro atoms. The van der Waals surface area contributed by atoms with Crippen molar-refractivity contribution in [2.75, 3.05) is 0 Å². The van der Waals surface area contributed by atoms with Crippen molar-refractivity contribution in [1.82, 2.24) is 0 Å². The first-order chi connectivity index (χ1) is 10.1. The van der Waals surface area contributed by atoms with Gasteiger partial charge < -0.3 is 0 Å². The van der Waals surface area contributed by atoms with Crippen molar-refractivity contribution in [2.24, 2.45) is 0 Å². The van der Waals surface area contributed by atoms with E-state index in [0.29, 0.717) is 0 Å². The third kappa shape index (κ3) is 4.06. The van der Waals surface area contributed by atoms with Gasteiger partial charge in [-0.15, -0.1) is 0 Å². The largest absolute Gasteiger partial charge is 0.249 e. The van der Waals surface area contributed by atoms with Crippen LogP contribution in [-0.4, -0.2) is 20.4 Å². The second-order valence-corrected chi connectivity index (χ2v) is 19.5.